The van der Waals surface area contributed by atoms with Gasteiger partial charge in [0.15, 0.2) is 0 Å². The number of likely N-dealkylation sites (tertiary alicyclic amines) is 1. The third-order valence-corrected chi connectivity index (χ3v) is 8.66. The first-order valence-corrected chi connectivity index (χ1v) is 15.4. The number of nitrogens with one attached hydrogen (secondary N) is 1. The molecular formula is C33H33Cl2N5O6. The minimum Gasteiger partial charge on any atom is -0.481 e. The zero-order valence-corrected chi connectivity index (χ0v) is 27.0. The summed E-state index contributed by atoms with van der Waals surface area (Å²) < 4.78 is 11.8. The Morgan fingerprint density at radius 1 is 1.04 bits per heavy atom. The van der Waals surface area contributed by atoms with E-state index >= 15 is 0 Å². The molecular weight excluding hydrogens is 633 g/mol. The molecule has 240 valence electrons. The lowest BCUT2D eigenvalue weighted by molar-refractivity contribution is -0.155. The summed E-state index contributed by atoms with van der Waals surface area (Å²) in [7, 11) is 3.00. The van der Waals surface area contributed by atoms with Crippen LogP contribution in [0.15, 0.2) is 65.6 Å². The summed E-state index contributed by atoms with van der Waals surface area (Å²) in [6.07, 6.45) is 1.04. The van der Waals surface area contributed by atoms with Crippen molar-refractivity contribution in [3.63, 3.8) is 0 Å². The second kappa shape index (κ2) is 14.4. The Balaban J connectivity index is 1.37. The van der Waals surface area contributed by atoms with Crippen molar-refractivity contribution in [1.29, 1.82) is 0 Å². The molecule has 46 heavy (non-hydrogen) atoms. The minimum atomic E-state index is -0.825. The molecule has 2 aromatic heterocycles. The lowest BCUT2D eigenvalue weighted by atomic mass is 9.93. The molecule has 1 unspecified atom stereocenters. The van der Waals surface area contributed by atoms with Crippen LogP contribution in [0.1, 0.15) is 29.3 Å². The first kappa shape index (κ1) is 33.1. The second-order valence-corrected chi connectivity index (χ2v) is 11.5. The molecule has 1 saturated heterocycles. The maximum absolute atomic E-state index is 12.9. The first-order chi connectivity index (χ1) is 22.1. The third kappa shape index (κ3) is 6.92. The van der Waals surface area contributed by atoms with E-state index in [1.165, 1.54) is 26.4 Å². The number of aliphatic hydroxyl groups excluding tert-OH is 1. The van der Waals surface area contributed by atoms with Crippen molar-refractivity contribution >= 4 is 40.8 Å². The number of aromatic nitrogens is 3. The van der Waals surface area contributed by atoms with E-state index < -0.39 is 23.5 Å². The van der Waals surface area contributed by atoms with Gasteiger partial charge in [-0.1, -0.05) is 59.6 Å². The van der Waals surface area contributed by atoms with Crippen molar-refractivity contribution in [2.45, 2.75) is 26.0 Å². The van der Waals surface area contributed by atoms with Crippen LogP contribution in [0.25, 0.3) is 22.4 Å². The van der Waals surface area contributed by atoms with Gasteiger partial charge in [0.1, 0.15) is 5.56 Å². The fourth-order valence-corrected chi connectivity index (χ4v) is 6.06. The highest BCUT2D eigenvalue weighted by Gasteiger charge is 2.34. The number of ether oxygens (including phenoxy) is 2. The predicted octanol–water partition coefficient (Wildman–Crippen LogP) is 4.82. The SMILES string of the molecule is CCOC(=O)C1CCN(Cc2ccc(-c3cccc(-c4cccc(NC(=O)c5ccnn(C)c5=O)c4Cl)c3Cl)nc2OC)C[C@@H]1O. The van der Waals surface area contributed by atoms with Gasteiger partial charge in [0, 0.05) is 48.6 Å². The standard InChI is InChI=1S/C33H33Cl2N5O6/c1-4-46-33(44)23-14-16-40(18-27(23)41)17-19-11-12-25(38-31(19)45-3)22-9-5-7-20(28(22)34)21-8-6-10-26(29(21)35)37-30(42)24-13-15-36-39(2)32(24)43/h5-13,15,23,27,41H,4,14,16-18H2,1-3H3,(H,37,42)/t23?,27-/m0/s1. The van der Waals surface area contributed by atoms with Crippen molar-refractivity contribution in [3.8, 4) is 28.3 Å². The molecule has 1 fully saturated rings. The Kier molecular flexibility index (Phi) is 10.4. The number of amides is 1. The molecule has 1 amide bonds. The smallest absolute Gasteiger partial charge is 0.311 e. The van der Waals surface area contributed by atoms with Gasteiger partial charge in [0.2, 0.25) is 5.88 Å². The second-order valence-electron chi connectivity index (χ2n) is 10.8. The number of carbonyl (C=O) groups excluding carboxylic acids is 2. The first-order valence-electron chi connectivity index (χ1n) is 14.6. The van der Waals surface area contributed by atoms with Gasteiger partial charge in [0.25, 0.3) is 11.5 Å². The van der Waals surface area contributed by atoms with Gasteiger partial charge in [-0.3, -0.25) is 19.3 Å². The summed E-state index contributed by atoms with van der Waals surface area (Å²) in [5, 5.41) is 17.8. The molecule has 13 heteroatoms. The molecule has 0 saturated carbocycles. The van der Waals surface area contributed by atoms with Crippen LogP contribution in [-0.4, -0.2) is 69.6 Å². The summed E-state index contributed by atoms with van der Waals surface area (Å²) >= 11 is 13.7. The van der Waals surface area contributed by atoms with Crippen LogP contribution in [0.3, 0.4) is 0 Å². The number of hydrogen-bond donors (Lipinski definition) is 2. The summed E-state index contributed by atoms with van der Waals surface area (Å²) in [6.45, 7) is 3.43. The number of nitrogens with zero attached hydrogens (tertiary/aromatic N) is 4. The quantitative estimate of drug-likeness (QED) is 0.241. The topological polar surface area (TPSA) is 136 Å². The average Bonchev–Trinajstić information content (AvgIpc) is 3.04. The van der Waals surface area contributed by atoms with Crippen molar-refractivity contribution in [1.82, 2.24) is 19.7 Å². The summed E-state index contributed by atoms with van der Waals surface area (Å²) in [5.74, 6) is -1.11. The van der Waals surface area contributed by atoms with Gasteiger partial charge in [0.05, 0.1) is 47.2 Å². The molecule has 1 aliphatic heterocycles. The maximum Gasteiger partial charge on any atom is 0.311 e. The highest BCUT2D eigenvalue weighted by Crippen LogP contribution is 2.41. The molecule has 2 N–H and O–H groups in total. The molecule has 4 aromatic rings. The van der Waals surface area contributed by atoms with Crippen LogP contribution in [-0.2, 0) is 23.1 Å². The number of aryl methyl sites for hydroxylation is 1. The Morgan fingerprint density at radius 3 is 2.48 bits per heavy atom. The van der Waals surface area contributed by atoms with Crippen LogP contribution in [0.4, 0.5) is 5.69 Å². The number of aliphatic hydroxyl groups is 1. The zero-order valence-electron chi connectivity index (χ0n) is 25.5. The summed E-state index contributed by atoms with van der Waals surface area (Å²) in [4.78, 5) is 44.2. The number of β-amino-alcohol motifs (C(OH)–C–C–N with tert-alkyl or cyclic N) is 1. The molecule has 0 radical (unpaired) electrons. The van der Waals surface area contributed by atoms with Crippen molar-refractivity contribution in [2.75, 3.05) is 32.1 Å². The molecule has 2 aromatic carbocycles. The Hall–Kier alpha value is -4.29. The van der Waals surface area contributed by atoms with E-state index in [2.05, 4.69) is 10.4 Å². The fourth-order valence-electron chi connectivity index (χ4n) is 5.46. The normalized spacial score (nSPS) is 16.6. The van der Waals surface area contributed by atoms with Gasteiger partial charge >= 0.3 is 5.97 Å². The number of rotatable bonds is 9. The van der Waals surface area contributed by atoms with Gasteiger partial charge in [-0.15, -0.1) is 0 Å². The fraction of sp³-hybridized carbons (Fsp3) is 0.303. The van der Waals surface area contributed by atoms with E-state index in [9.17, 15) is 19.5 Å². The number of esters is 1. The number of methoxy groups -OCH3 is 1. The van der Waals surface area contributed by atoms with Gasteiger partial charge in [-0.25, -0.2) is 9.67 Å². The molecule has 2 atom stereocenters. The molecule has 0 bridgehead atoms. The maximum atomic E-state index is 12.9. The summed E-state index contributed by atoms with van der Waals surface area (Å²) in [6, 6.07) is 15.7. The van der Waals surface area contributed by atoms with Gasteiger partial charge < -0.3 is 19.9 Å². The van der Waals surface area contributed by atoms with Crippen molar-refractivity contribution in [3.05, 3.63) is 92.3 Å². The number of benzene rings is 2. The van der Waals surface area contributed by atoms with Crippen LogP contribution in [0, 0.1) is 5.92 Å². The zero-order chi connectivity index (χ0) is 33.0. The number of halogens is 2. The average molecular weight is 667 g/mol. The van der Waals surface area contributed by atoms with Crippen molar-refractivity contribution in [2.24, 2.45) is 13.0 Å². The molecule has 1 aliphatic rings. The monoisotopic (exact) mass is 665 g/mol. The number of piperidine rings is 1. The Labute approximate surface area is 275 Å². The molecule has 3 heterocycles. The van der Waals surface area contributed by atoms with Gasteiger partial charge in [-0.2, -0.15) is 5.10 Å². The summed E-state index contributed by atoms with van der Waals surface area (Å²) in [5.41, 5.74) is 2.92. The molecule has 5 rings (SSSR count). The largest absolute Gasteiger partial charge is 0.481 e. The molecule has 11 nitrogen and oxygen atoms in total. The lowest BCUT2D eigenvalue weighted by Crippen LogP contribution is -2.46. The highest BCUT2D eigenvalue weighted by molar-refractivity contribution is 6.39. The number of hydrogen-bond acceptors (Lipinski definition) is 9. The Morgan fingerprint density at radius 2 is 1.76 bits per heavy atom. The van der Waals surface area contributed by atoms with Crippen molar-refractivity contribution < 1.29 is 24.2 Å². The molecule has 0 spiro atoms. The number of anilines is 1. The third-order valence-electron chi connectivity index (χ3n) is 7.84. The van der Waals surface area contributed by atoms with Crippen LogP contribution in [0.2, 0.25) is 10.0 Å². The van der Waals surface area contributed by atoms with E-state index in [0.29, 0.717) is 65.0 Å². The van der Waals surface area contributed by atoms with E-state index in [1.807, 2.05) is 35.2 Å². The lowest BCUT2D eigenvalue weighted by Gasteiger charge is -2.34. The van der Waals surface area contributed by atoms with Crippen LogP contribution < -0.4 is 15.6 Å². The van der Waals surface area contributed by atoms with E-state index in [0.717, 1.165) is 10.2 Å². The van der Waals surface area contributed by atoms with E-state index in [1.54, 1.807) is 25.1 Å². The highest BCUT2D eigenvalue weighted by atomic mass is 35.5. The van der Waals surface area contributed by atoms with E-state index in [-0.39, 0.29) is 23.2 Å². The molecule has 0 aliphatic carbocycles. The number of pyridine rings is 1. The van der Waals surface area contributed by atoms with Gasteiger partial charge in [-0.05, 0) is 38.1 Å². The predicted molar refractivity (Wildman–Crippen MR) is 175 cm³/mol. The number of carbonyl (C=O) groups is 2. The van der Waals surface area contributed by atoms with Crippen LogP contribution in [0.5, 0.6) is 5.88 Å². The minimum absolute atomic E-state index is 0.0696. The Bertz CT molecular complexity index is 1830. The van der Waals surface area contributed by atoms with E-state index in [4.69, 9.17) is 37.7 Å². The van der Waals surface area contributed by atoms with Crippen LogP contribution >= 0.6 is 23.2 Å².